The molecule has 0 saturated heterocycles. The van der Waals surface area contributed by atoms with Crippen LogP contribution in [0.3, 0.4) is 0 Å². The van der Waals surface area contributed by atoms with Gasteiger partial charge in [-0.3, -0.25) is 4.90 Å². The number of rotatable bonds is 3. The van der Waals surface area contributed by atoms with Crippen LogP contribution in [-0.4, -0.2) is 17.5 Å². The molecule has 1 aliphatic heterocycles. The van der Waals surface area contributed by atoms with Crippen LogP contribution >= 0.6 is 27.3 Å². The topological polar surface area (TPSA) is 29.3 Å². The monoisotopic (exact) mass is 350 g/mol. The Bertz CT molecular complexity index is 594. The standard InChI is InChI=1S/C16H19BrN2S/c1-11(18)16(15-8-14(17)10-20-15)19-7-6-12-4-2-3-5-13(12)9-19/h2-5,8,10-11,16H,6-7,9,18H2,1H3. The maximum absolute atomic E-state index is 6.28. The second kappa shape index (κ2) is 5.98. The fourth-order valence-electron chi connectivity index (χ4n) is 3.01. The number of halogens is 1. The summed E-state index contributed by atoms with van der Waals surface area (Å²) in [4.78, 5) is 3.87. The van der Waals surface area contributed by atoms with Crippen molar-refractivity contribution in [2.45, 2.75) is 32.0 Å². The molecular weight excluding hydrogens is 332 g/mol. The Morgan fingerprint density at radius 2 is 2.05 bits per heavy atom. The smallest absolute Gasteiger partial charge is 0.0594 e. The molecule has 1 aromatic heterocycles. The second-order valence-electron chi connectivity index (χ2n) is 5.46. The zero-order valence-electron chi connectivity index (χ0n) is 11.6. The summed E-state index contributed by atoms with van der Waals surface area (Å²) >= 11 is 5.34. The Balaban J connectivity index is 1.87. The summed E-state index contributed by atoms with van der Waals surface area (Å²) in [6.07, 6.45) is 1.12. The highest BCUT2D eigenvalue weighted by molar-refractivity contribution is 9.10. The Morgan fingerprint density at radius 1 is 1.30 bits per heavy atom. The first kappa shape index (κ1) is 14.3. The van der Waals surface area contributed by atoms with E-state index >= 15 is 0 Å². The van der Waals surface area contributed by atoms with Crippen molar-refractivity contribution in [3.8, 4) is 0 Å². The minimum Gasteiger partial charge on any atom is -0.326 e. The maximum atomic E-state index is 6.28. The summed E-state index contributed by atoms with van der Waals surface area (Å²) in [7, 11) is 0. The predicted molar refractivity (Wildman–Crippen MR) is 89.0 cm³/mol. The molecule has 0 radical (unpaired) electrons. The van der Waals surface area contributed by atoms with Crippen LogP contribution in [0.15, 0.2) is 40.2 Å². The molecule has 3 rings (SSSR count). The van der Waals surface area contributed by atoms with E-state index < -0.39 is 0 Å². The highest BCUT2D eigenvalue weighted by atomic mass is 79.9. The van der Waals surface area contributed by atoms with Gasteiger partial charge >= 0.3 is 0 Å². The lowest BCUT2D eigenvalue weighted by molar-refractivity contribution is 0.162. The molecule has 2 aromatic rings. The van der Waals surface area contributed by atoms with Crippen molar-refractivity contribution < 1.29 is 0 Å². The number of nitrogens with two attached hydrogens (primary N) is 1. The highest BCUT2D eigenvalue weighted by Gasteiger charge is 2.28. The van der Waals surface area contributed by atoms with Crippen LogP contribution < -0.4 is 5.73 Å². The largest absolute Gasteiger partial charge is 0.326 e. The number of hydrogen-bond acceptors (Lipinski definition) is 3. The predicted octanol–water partition coefficient (Wildman–Crippen LogP) is 3.96. The third-order valence-corrected chi connectivity index (χ3v) is 5.70. The maximum Gasteiger partial charge on any atom is 0.0594 e. The van der Waals surface area contributed by atoms with Crippen LogP contribution in [0.5, 0.6) is 0 Å². The number of fused-ring (bicyclic) bond motifs is 1. The van der Waals surface area contributed by atoms with E-state index in [4.69, 9.17) is 5.73 Å². The van der Waals surface area contributed by atoms with E-state index in [1.165, 1.54) is 16.0 Å². The zero-order chi connectivity index (χ0) is 14.1. The number of nitrogens with zero attached hydrogens (tertiary/aromatic N) is 1. The van der Waals surface area contributed by atoms with Crippen molar-refractivity contribution in [1.29, 1.82) is 0 Å². The van der Waals surface area contributed by atoms with E-state index in [0.717, 1.165) is 24.0 Å². The van der Waals surface area contributed by atoms with E-state index in [0.29, 0.717) is 6.04 Å². The van der Waals surface area contributed by atoms with Crippen LogP contribution in [0.25, 0.3) is 0 Å². The lowest BCUT2D eigenvalue weighted by atomic mass is 9.96. The highest BCUT2D eigenvalue weighted by Crippen LogP contribution is 2.34. The molecule has 0 saturated carbocycles. The van der Waals surface area contributed by atoms with E-state index in [1.807, 2.05) is 0 Å². The SMILES string of the molecule is CC(N)C(c1cc(Br)cs1)N1CCc2ccccc2C1. The molecule has 0 amide bonds. The lowest BCUT2D eigenvalue weighted by Crippen LogP contribution is -2.41. The molecule has 0 bridgehead atoms. The summed E-state index contributed by atoms with van der Waals surface area (Å²) < 4.78 is 1.15. The Kier molecular flexibility index (Phi) is 4.26. The van der Waals surface area contributed by atoms with Crippen molar-refractivity contribution in [1.82, 2.24) is 4.90 Å². The van der Waals surface area contributed by atoms with Gasteiger partial charge in [-0.1, -0.05) is 24.3 Å². The molecule has 2 N–H and O–H groups in total. The number of thiophene rings is 1. The first-order valence-corrected chi connectivity index (χ1v) is 8.63. The lowest BCUT2D eigenvalue weighted by Gasteiger charge is -2.37. The quantitative estimate of drug-likeness (QED) is 0.907. The fraction of sp³-hybridized carbons (Fsp3) is 0.375. The average molecular weight is 351 g/mol. The summed E-state index contributed by atoms with van der Waals surface area (Å²) in [5, 5.41) is 2.14. The Labute approximate surface area is 132 Å². The molecule has 20 heavy (non-hydrogen) atoms. The normalized spacial score (nSPS) is 18.6. The van der Waals surface area contributed by atoms with Crippen LogP contribution in [0, 0.1) is 0 Å². The van der Waals surface area contributed by atoms with Gasteiger partial charge in [0, 0.05) is 33.9 Å². The fourth-order valence-corrected chi connectivity index (χ4v) is 4.70. The van der Waals surface area contributed by atoms with Gasteiger partial charge in [0.05, 0.1) is 6.04 Å². The summed E-state index contributed by atoms with van der Waals surface area (Å²) in [6.45, 7) is 4.19. The molecule has 4 heteroatoms. The van der Waals surface area contributed by atoms with Crippen molar-refractivity contribution >= 4 is 27.3 Å². The Morgan fingerprint density at radius 3 is 2.70 bits per heavy atom. The van der Waals surface area contributed by atoms with Crippen LogP contribution in [0.2, 0.25) is 0 Å². The Hall–Kier alpha value is -0.680. The molecule has 1 aromatic carbocycles. The van der Waals surface area contributed by atoms with Gasteiger partial charge in [0.15, 0.2) is 0 Å². The zero-order valence-corrected chi connectivity index (χ0v) is 14.0. The van der Waals surface area contributed by atoms with Gasteiger partial charge in [-0.15, -0.1) is 11.3 Å². The van der Waals surface area contributed by atoms with E-state index in [9.17, 15) is 0 Å². The molecule has 2 unspecified atom stereocenters. The average Bonchev–Trinajstić information content (AvgIpc) is 2.85. The van der Waals surface area contributed by atoms with Crippen LogP contribution in [0.1, 0.15) is 29.0 Å². The van der Waals surface area contributed by atoms with Crippen molar-refractivity contribution in [3.05, 3.63) is 56.2 Å². The minimum absolute atomic E-state index is 0.130. The molecule has 1 aliphatic rings. The number of hydrogen-bond donors (Lipinski definition) is 1. The first-order valence-electron chi connectivity index (χ1n) is 6.95. The van der Waals surface area contributed by atoms with Gasteiger partial charge in [-0.25, -0.2) is 0 Å². The van der Waals surface area contributed by atoms with Gasteiger partial charge in [0.25, 0.3) is 0 Å². The van der Waals surface area contributed by atoms with Crippen LogP contribution in [-0.2, 0) is 13.0 Å². The molecule has 0 aliphatic carbocycles. The van der Waals surface area contributed by atoms with Crippen LogP contribution in [0.4, 0.5) is 0 Å². The van der Waals surface area contributed by atoms with Gasteiger partial charge in [-0.2, -0.15) is 0 Å². The molecule has 2 heterocycles. The molecule has 106 valence electrons. The molecule has 0 spiro atoms. The van der Waals surface area contributed by atoms with E-state index in [2.05, 4.69) is 63.5 Å². The molecular formula is C16H19BrN2S. The van der Waals surface area contributed by atoms with Gasteiger partial charge < -0.3 is 5.73 Å². The van der Waals surface area contributed by atoms with E-state index in [1.54, 1.807) is 11.3 Å². The third kappa shape index (κ3) is 2.84. The minimum atomic E-state index is 0.130. The summed E-state index contributed by atoms with van der Waals surface area (Å²) in [5.41, 5.74) is 9.21. The molecule has 2 nitrogen and oxygen atoms in total. The summed E-state index contributed by atoms with van der Waals surface area (Å²) in [5.74, 6) is 0. The summed E-state index contributed by atoms with van der Waals surface area (Å²) in [6, 6.07) is 11.4. The van der Waals surface area contributed by atoms with Crippen molar-refractivity contribution in [2.24, 2.45) is 5.73 Å². The molecule has 2 atom stereocenters. The van der Waals surface area contributed by atoms with Crippen molar-refractivity contribution in [3.63, 3.8) is 0 Å². The van der Waals surface area contributed by atoms with Gasteiger partial charge in [0.1, 0.15) is 0 Å². The third-order valence-electron chi connectivity index (χ3n) is 3.93. The number of benzene rings is 1. The second-order valence-corrected chi connectivity index (χ2v) is 7.32. The van der Waals surface area contributed by atoms with Gasteiger partial charge in [0.2, 0.25) is 0 Å². The van der Waals surface area contributed by atoms with Gasteiger partial charge in [-0.05, 0) is 46.5 Å². The first-order chi connectivity index (χ1) is 9.65. The van der Waals surface area contributed by atoms with Crippen molar-refractivity contribution in [2.75, 3.05) is 6.54 Å². The van der Waals surface area contributed by atoms with E-state index in [-0.39, 0.29) is 6.04 Å². The molecule has 0 fully saturated rings.